The van der Waals surface area contributed by atoms with Gasteiger partial charge in [0.1, 0.15) is 5.75 Å². The van der Waals surface area contributed by atoms with Crippen molar-refractivity contribution in [3.63, 3.8) is 0 Å². The number of nitrogens with one attached hydrogen (secondary N) is 2. The molecule has 0 aliphatic rings. The van der Waals surface area contributed by atoms with Gasteiger partial charge in [-0.3, -0.25) is 4.79 Å². The van der Waals surface area contributed by atoms with E-state index in [0.717, 1.165) is 22.6 Å². The molecule has 1 amide bonds. The highest BCUT2D eigenvalue weighted by Gasteiger charge is 2.16. The normalized spacial score (nSPS) is 12.5. The highest BCUT2D eigenvalue weighted by molar-refractivity contribution is 7.88. The summed E-state index contributed by atoms with van der Waals surface area (Å²) in [5.41, 5.74) is 1.41. The summed E-state index contributed by atoms with van der Waals surface area (Å²) in [6, 6.07) is 20.5. The lowest BCUT2D eigenvalue weighted by Gasteiger charge is -2.16. The van der Waals surface area contributed by atoms with Crippen molar-refractivity contribution in [2.24, 2.45) is 0 Å². The zero-order chi connectivity index (χ0) is 20.1. The fourth-order valence-electron chi connectivity index (χ4n) is 2.71. The molecule has 2 N–H and O–H groups in total. The van der Waals surface area contributed by atoms with E-state index in [-0.39, 0.29) is 12.5 Å². The number of hydrogen-bond donors (Lipinski definition) is 2. The monoisotopic (exact) mass is 398 g/mol. The lowest BCUT2D eigenvalue weighted by atomic mass is 10.1. The van der Waals surface area contributed by atoms with E-state index in [4.69, 9.17) is 4.74 Å². The minimum atomic E-state index is -3.24. The minimum Gasteiger partial charge on any atom is -0.480 e. The summed E-state index contributed by atoms with van der Waals surface area (Å²) >= 11 is 0. The molecule has 6 nitrogen and oxygen atoms in total. The molecule has 0 aromatic heterocycles. The van der Waals surface area contributed by atoms with Crippen LogP contribution in [0.25, 0.3) is 10.8 Å². The molecule has 0 aliphatic carbocycles. The number of anilines is 1. The quantitative estimate of drug-likeness (QED) is 0.640. The van der Waals surface area contributed by atoms with Crippen LogP contribution in [0.3, 0.4) is 0 Å². The molecule has 0 unspecified atom stereocenters. The maximum atomic E-state index is 12.5. The minimum absolute atomic E-state index is 0.202. The van der Waals surface area contributed by atoms with E-state index in [0.29, 0.717) is 11.4 Å². The maximum absolute atomic E-state index is 12.5. The van der Waals surface area contributed by atoms with Gasteiger partial charge in [0, 0.05) is 17.6 Å². The van der Waals surface area contributed by atoms with Crippen LogP contribution in [0.4, 0.5) is 5.69 Å². The second-order valence-electron chi connectivity index (χ2n) is 6.52. The van der Waals surface area contributed by atoms with Crippen molar-refractivity contribution in [1.29, 1.82) is 0 Å². The third-order valence-corrected chi connectivity index (χ3v) is 4.85. The van der Waals surface area contributed by atoms with Gasteiger partial charge in [-0.2, -0.15) is 0 Å². The second kappa shape index (κ2) is 8.41. The van der Waals surface area contributed by atoms with Crippen LogP contribution in [0.1, 0.15) is 12.5 Å². The highest BCUT2D eigenvalue weighted by atomic mass is 32.2. The number of carbonyl (C=O) groups excluding carboxylic acids is 1. The van der Waals surface area contributed by atoms with Crippen LogP contribution in [0.15, 0.2) is 66.7 Å². The van der Waals surface area contributed by atoms with Crippen molar-refractivity contribution < 1.29 is 17.9 Å². The van der Waals surface area contributed by atoms with Crippen LogP contribution in [-0.2, 0) is 21.4 Å². The molecule has 0 aliphatic heterocycles. The molecular weight excluding hydrogens is 376 g/mol. The van der Waals surface area contributed by atoms with Gasteiger partial charge in [0.25, 0.3) is 5.91 Å². The largest absolute Gasteiger partial charge is 0.480 e. The van der Waals surface area contributed by atoms with Gasteiger partial charge in [0.05, 0.1) is 6.26 Å². The zero-order valence-electron chi connectivity index (χ0n) is 15.7. The average Bonchev–Trinajstić information content (AvgIpc) is 2.67. The standard InChI is InChI=1S/C21H22N2O4S/c1-15(27-20-9-5-7-17-6-3-4-8-19(17)20)21(24)23-18-12-10-16(11-13-18)14-22-28(2,25)26/h3-13,15,22H,14H2,1-2H3,(H,23,24)/t15-/m0/s1. The lowest BCUT2D eigenvalue weighted by molar-refractivity contribution is -0.122. The summed E-state index contributed by atoms with van der Waals surface area (Å²) in [7, 11) is -3.24. The topological polar surface area (TPSA) is 84.5 Å². The van der Waals surface area contributed by atoms with Gasteiger partial charge in [0.2, 0.25) is 10.0 Å². The molecule has 0 bridgehead atoms. The van der Waals surface area contributed by atoms with Crippen molar-refractivity contribution in [3.8, 4) is 5.75 Å². The first kappa shape index (κ1) is 19.9. The SMILES string of the molecule is C[C@H](Oc1cccc2ccccc12)C(=O)Nc1ccc(CNS(C)(=O)=O)cc1. The molecular formula is C21H22N2O4S. The van der Waals surface area contributed by atoms with Gasteiger partial charge < -0.3 is 10.1 Å². The fraction of sp³-hybridized carbons (Fsp3) is 0.190. The third kappa shape index (κ3) is 5.31. The van der Waals surface area contributed by atoms with Gasteiger partial charge in [-0.1, -0.05) is 48.5 Å². The summed E-state index contributed by atoms with van der Waals surface area (Å²) in [5, 5.41) is 4.81. The van der Waals surface area contributed by atoms with Crippen molar-refractivity contribution in [1.82, 2.24) is 4.72 Å². The number of fused-ring (bicyclic) bond motifs is 1. The van der Waals surface area contributed by atoms with Crippen molar-refractivity contribution in [2.45, 2.75) is 19.6 Å². The van der Waals surface area contributed by atoms with Crippen LogP contribution in [0, 0.1) is 0 Å². The predicted octanol–water partition coefficient (Wildman–Crippen LogP) is 3.30. The maximum Gasteiger partial charge on any atom is 0.265 e. The second-order valence-corrected chi connectivity index (χ2v) is 8.35. The number of carbonyl (C=O) groups is 1. The first-order valence-corrected chi connectivity index (χ1v) is 10.7. The number of ether oxygens (including phenoxy) is 1. The average molecular weight is 398 g/mol. The molecule has 28 heavy (non-hydrogen) atoms. The Morgan fingerprint density at radius 3 is 2.39 bits per heavy atom. The summed E-state index contributed by atoms with van der Waals surface area (Å²) in [6.07, 6.45) is 0.427. The molecule has 3 rings (SSSR count). The number of benzene rings is 3. The molecule has 3 aromatic carbocycles. The van der Waals surface area contributed by atoms with Gasteiger partial charge in [-0.25, -0.2) is 13.1 Å². The molecule has 0 heterocycles. The Bertz CT molecular complexity index is 1070. The molecule has 3 aromatic rings. The van der Waals surface area contributed by atoms with E-state index < -0.39 is 16.1 Å². The molecule has 0 fully saturated rings. The van der Waals surface area contributed by atoms with Crippen LogP contribution >= 0.6 is 0 Å². The number of rotatable bonds is 7. The zero-order valence-corrected chi connectivity index (χ0v) is 16.5. The van der Waals surface area contributed by atoms with E-state index in [1.807, 2.05) is 42.5 Å². The lowest BCUT2D eigenvalue weighted by Crippen LogP contribution is -2.30. The van der Waals surface area contributed by atoms with Crippen LogP contribution in [0.2, 0.25) is 0 Å². The Morgan fingerprint density at radius 1 is 1.00 bits per heavy atom. The number of hydrogen-bond acceptors (Lipinski definition) is 4. The molecule has 0 saturated carbocycles. The molecule has 146 valence electrons. The summed E-state index contributed by atoms with van der Waals surface area (Å²) < 4.78 is 30.6. The molecule has 1 atom stereocenters. The Labute approximate surface area is 164 Å². The predicted molar refractivity (Wildman–Crippen MR) is 111 cm³/mol. The van der Waals surface area contributed by atoms with Crippen LogP contribution < -0.4 is 14.8 Å². The Balaban J connectivity index is 1.62. The van der Waals surface area contributed by atoms with Crippen molar-refractivity contribution in [3.05, 3.63) is 72.3 Å². The smallest absolute Gasteiger partial charge is 0.265 e. The van der Waals surface area contributed by atoms with Crippen LogP contribution in [0.5, 0.6) is 5.75 Å². The highest BCUT2D eigenvalue weighted by Crippen LogP contribution is 2.26. The number of sulfonamides is 1. The molecule has 0 radical (unpaired) electrons. The molecule has 7 heteroatoms. The van der Waals surface area contributed by atoms with Gasteiger partial charge in [0.15, 0.2) is 6.10 Å². The van der Waals surface area contributed by atoms with E-state index in [9.17, 15) is 13.2 Å². The van der Waals surface area contributed by atoms with E-state index in [1.165, 1.54) is 0 Å². The summed E-state index contributed by atoms with van der Waals surface area (Å²) in [4.78, 5) is 12.5. The third-order valence-electron chi connectivity index (χ3n) is 4.18. The first-order valence-electron chi connectivity index (χ1n) is 8.81. The van der Waals surface area contributed by atoms with Crippen molar-refractivity contribution >= 4 is 32.4 Å². The molecule has 0 spiro atoms. The van der Waals surface area contributed by atoms with Crippen molar-refractivity contribution in [2.75, 3.05) is 11.6 Å². The van der Waals surface area contributed by atoms with Gasteiger partial charge >= 0.3 is 0 Å². The van der Waals surface area contributed by atoms with E-state index in [1.54, 1.807) is 31.2 Å². The Kier molecular flexibility index (Phi) is 5.96. The van der Waals surface area contributed by atoms with Gasteiger partial charge in [-0.15, -0.1) is 0 Å². The Hall–Kier alpha value is -2.90. The Morgan fingerprint density at radius 2 is 1.68 bits per heavy atom. The van der Waals surface area contributed by atoms with E-state index >= 15 is 0 Å². The number of amides is 1. The summed E-state index contributed by atoms with van der Waals surface area (Å²) in [5.74, 6) is 0.387. The van der Waals surface area contributed by atoms with Crippen LogP contribution in [-0.4, -0.2) is 26.7 Å². The fourth-order valence-corrected chi connectivity index (χ4v) is 3.14. The molecule has 0 saturated heterocycles. The van der Waals surface area contributed by atoms with E-state index in [2.05, 4.69) is 10.0 Å². The first-order chi connectivity index (χ1) is 13.3. The summed E-state index contributed by atoms with van der Waals surface area (Å²) in [6.45, 7) is 1.90. The van der Waals surface area contributed by atoms with Gasteiger partial charge in [-0.05, 0) is 36.1 Å².